The van der Waals surface area contributed by atoms with Crippen LogP contribution in [0.15, 0.2) is 36.7 Å². The quantitative estimate of drug-likeness (QED) is 0.838. The van der Waals surface area contributed by atoms with Gasteiger partial charge >= 0.3 is 6.36 Å². The van der Waals surface area contributed by atoms with E-state index in [0.717, 1.165) is 36.0 Å². The number of thioether (sulfide) groups is 1. The number of benzene rings is 1. The van der Waals surface area contributed by atoms with Crippen LogP contribution in [0.25, 0.3) is 0 Å². The number of hydrogen-bond donors (Lipinski definition) is 1. The summed E-state index contributed by atoms with van der Waals surface area (Å²) in [7, 11) is 0. The second kappa shape index (κ2) is 8.03. The van der Waals surface area contributed by atoms with Crippen molar-refractivity contribution in [3.63, 3.8) is 0 Å². The van der Waals surface area contributed by atoms with Crippen LogP contribution in [0.2, 0.25) is 0 Å². The molecule has 1 fully saturated rings. The summed E-state index contributed by atoms with van der Waals surface area (Å²) < 4.78 is 40.6. The number of rotatable bonds is 5. The van der Waals surface area contributed by atoms with Crippen molar-refractivity contribution in [2.45, 2.75) is 19.3 Å². The van der Waals surface area contributed by atoms with Gasteiger partial charge in [0.25, 0.3) is 0 Å². The maximum Gasteiger partial charge on any atom is 0.573 e. The van der Waals surface area contributed by atoms with Gasteiger partial charge in [-0.05, 0) is 24.6 Å². The highest BCUT2D eigenvalue weighted by molar-refractivity contribution is 7.99. The third-order valence-corrected chi connectivity index (χ3v) is 4.91. The van der Waals surface area contributed by atoms with E-state index >= 15 is 0 Å². The van der Waals surface area contributed by atoms with Gasteiger partial charge in [-0.3, -0.25) is 0 Å². The Bertz CT molecular complexity index is 721. The van der Waals surface area contributed by atoms with Crippen molar-refractivity contribution < 1.29 is 17.9 Å². The monoisotopic (exact) mass is 384 g/mol. The van der Waals surface area contributed by atoms with Gasteiger partial charge in [0.1, 0.15) is 23.7 Å². The van der Waals surface area contributed by atoms with Crippen LogP contribution in [0.4, 0.5) is 24.8 Å². The molecule has 3 rings (SSSR count). The standard InChI is InChI=1S/C17H19F3N4OS/c1-12(13-2-4-14(5-3-13)25-17(18,19)20)23-15-10-16(22-11-21-15)24-6-8-26-9-7-24/h2-5,10-12H,6-9H2,1H3,(H,21,22,23)/t12-/m0/s1. The zero-order valence-electron chi connectivity index (χ0n) is 14.2. The molecule has 0 spiro atoms. The molecular formula is C17H19F3N4OS. The predicted molar refractivity (Wildman–Crippen MR) is 96.7 cm³/mol. The minimum absolute atomic E-state index is 0.130. The fourth-order valence-corrected chi connectivity index (χ4v) is 3.56. The lowest BCUT2D eigenvalue weighted by atomic mass is 10.1. The number of anilines is 2. The van der Waals surface area contributed by atoms with Gasteiger partial charge in [0.2, 0.25) is 0 Å². The molecule has 2 heterocycles. The molecule has 0 aliphatic carbocycles. The smallest absolute Gasteiger partial charge is 0.406 e. The molecule has 0 amide bonds. The summed E-state index contributed by atoms with van der Waals surface area (Å²) in [6, 6.07) is 7.57. The summed E-state index contributed by atoms with van der Waals surface area (Å²) in [5, 5.41) is 3.26. The van der Waals surface area contributed by atoms with Crippen molar-refractivity contribution in [1.82, 2.24) is 9.97 Å². The zero-order valence-corrected chi connectivity index (χ0v) is 15.0. The zero-order chi connectivity index (χ0) is 18.6. The fraction of sp³-hybridized carbons (Fsp3) is 0.412. The van der Waals surface area contributed by atoms with Crippen LogP contribution >= 0.6 is 11.8 Å². The van der Waals surface area contributed by atoms with E-state index in [2.05, 4.69) is 24.9 Å². The molecule has 1 aromatic heterocycles. The van der Waals surface area contributed by atoms with Crippen molar-refractivity contribution in [3.05, 3.63) is 42.2 Å². The summed E-state index contributed by atoms with van der Waals surface area (Å²) in [6.07, 6.45) is -3.16. The van der Waals surface area contributed by atoms with E-state index in [1.165, 1.54) is 18.5 Å². The first-order chi connectivity index (χ1) is 12.4. The third-order valence-electron chi connectivity index (χ3n) is 3.97. The lowest BCUT2D eigenvalue weighted by Gasteiger charge is -2.27. The van der Waals surface area contributed by atoms with Crippen LogP contribution in [-0.4, -0.2) is 40.9 Å². The molecule has 2 aromatic rings. The molecule has 0 bridgehead atoms. The van der Waals surface area contributed by atoms with Crippen molar-refractivity contribution in [2.24, 2.45) is 0 Å². The highest BCUT2D eigenvalue weighted by Gasteiger charge is 2.31. The fourth-order valence-electron chi connectivity index (χ4n) is 2.65. The number of ether oxygens (including phenoxy) is 1. The summed E-state index contributed by atoms with van der Waals surface area (Å²) in [5.74, 6) is 3.48. The molecular weight excluding hydrogens is 365 g/mol. The van der Waals surface area contributed by atoms with E-state index in [9.17, 15) is 13.2 Å². The Kier molecular flexibility index (Phi) is 5.75. The molecule has 140 valence electrons. The largest absolute Gasteiger partial charge is 0.573 e. The van der Waals surface area contributed by atoms with Crippen molar-refractivity contribution in [2.75, 3.05) is 34.8 Å². The first kappa shape index (κ1) is 18.6. The van der Waals surface area contributed by atoms with Gasteiger partial charge in [-0.2, -0.15) is 11.8 Å². The van der Waals surface area contributed by atoms with Crippen LogP contribution in [0, 0.1) is 0 Å². The van der Waals surface area contributed by atoms with Crippen LogP contribution in [0.1, 0.15) is 18.5 Å². The Morgan fingerprint density at radius 1 is 1.15 bits per heavy atom. The van der Waals surface area contributed by atoms with Gasteiger partial charge < -0.3 is 15.0 Å². The number of aromatic nitrogens is 2. The van der Waals surface area contributed by atoms with Gasteiger partial charge in [0.15, 0.2) is 0 Å². The minimum Gasteiger partial charge on any atom is -0.406 e. The maximum atomic E-state index is 12.2. The molecule has 0 saturated carbocycles. The van der Waals surface area contributed by atoms with Crippen molar-refractivity contribution >= 4 is 23.4 Å². The molecule has 0 radical (unpaired) electrons. The van der Waals surface area contributed by atoms with Gasteiger partial charge in [-0.15, -0.1) is 13.2 Å². The van der Waals surface area contributed by atoms with Crippen molar-refractivity contribution in [1.29, 1.82) is 0 Å². The van der Waals surface area contributed by atoms with Crippen LogP contribution in [-0.2, 0) is 0 Å². The second-order valence-corrected chi connectivity index (χ2v) is 7.07. The lowest BCUT2D eigenvalue weighted by Crippen LogP contribution is -2.33. The molecule has 1 aliphatic heterocycles. The van der Waals surface area contributed by atoms with Crippen LogP contribution < -0.4 is 15.0 Å². The topological polar surface area (TPSA) is 50.3 Å². The average molecular weight is 384 g/mol. The minimum atomic E-state index is -4.68. The molecule has 1 aliphatic rings. The number of alkyl halides is 3. The first-order valence-corrected chi connectivity index (χ1v) is 9.33. The number of nitrogens with one attached hydrogen (secondary N) is 1. The summed E-state index contributed by atoms with van der Waals surface area (Å²) in [6.45, 7) is 3.83. The molecule has 26 heavy (non-hydrogen) atoms. The lowest BCUT2D eigenvalue weighted by molar-refractivity contribution is -0.274. The number of nitrogens with zero attached hydrogens (tertiary/aromatic N) is 3. The molecule has 0 unspecified atom stereocenters. The van der Waals surface area contributed by atoms with Crippen LogP contribution in [0.5, 0.6) is 5.75 Å². The van der Waals surface area contributed by atoms with Crippen LogP contribution in [0.3, 0.4) is 0 Å². The van der Waals surface area contributed by atoms with E-state index in [0.29, 0.717) is 5.82 Å². The normalized spacial score (nSPS) is 16.2. The molecule has 1 saturated heterocycles. The molecule has 1 aromatic carbocycles. The van der Waals surface area contributed by atoms with E-state index in [4.69, 9.17) is 0 Å². The molecule has 5 nitrogen and oxygen atoms in total. The predicted octanol–water partition coefficient (Wildman–Crippen LogP) is 4.10. The Morgan fingerprint density at radius 3 is 2.50 bits per heavy atom. The second-order valence-electron chi connectivity index (χ2n) is 5.84. The summed E-state index contributed by atoms with van der Waals surface area (Å²) >= 11 is 1.93. The number of hydrogen-bond acceptors (Lipinski definition) is 6. The maximum absolute atomic E-state index is 12.2. The van der Waals surface area contributed by atoms with Gasteiger partial charge in [0, 0.05) is 36.7 Å². The van der Waals surface area contributed by atoms with Crippen molar-refractivity contribution in [3.8, 4) is 5.75 Å². The van der Waals surface area contributed by atoms with E-state index in [1.54, 1.807) is 12.1 Å². The van der Waals surface area contributed by atoms with E-state index in [-0.39, 0.29) is 11.8 Å². The van der Waals surface area contributed by atoms with E-state index in [1.807, 2.05) is 24.8 Å². The Labute approximate surface area is 154 Å². The first-order valence-electron chi connectivity index (χ1n) is 8.18. The Balaban J connectivity index is 1.65. The Hall–Kier alpha value is -2.16. The van der Waals surface area contributed by atoms with Gasteiger partial charge in [-0.1, -0.05) is 12.1 Å². The highest BCUT2D eigenvalue weighted by Crippen LogP contribution is 2.26. The average Bonchev–Trinajstić information content (AvgIpc) is 2.62. The summed E-state index contributed by atoms with van der Waals surface area (Å²) in [5.41, 5.74) is 0.828. The third kappa shape index (κ3) is 5.17. The van der Waals surface area contributed by atoms with Gasteiger partial charge in [0.05, 0.1) is 0 Å². The SMILES string of the molecule is C[C@H](Nc1cc(N2CCSCC2)ncn1)c1ccc(OC(F)(F)F)cc1. The van der Waals surface area contributed by atoms with E-state index < -0.39 is 6.36 Å². The summed E-state index contributed by atoms with van der Waals surface area (Å²) in [4.78, 5) is 10.8. The molecule has 9 heteroatoms. The van der Waals surface area contributed by atoms with Gasteiger partial charge in [-0.25, -0.2) is 9.97 Å². The number of halogens is 3. The molecule has 1 atom stereocenters. The molecule has 1 N–H and O–H groups in total. The Morgan fingerprint density at radius 2 is 1.85 bits per heavy atom. The highest BCUT2D eigenvalue weighted by atomic mass is 32.2.